The summed E-state index contributed by atoms with van der Waals surface area (Å²) in [6.45, 7) is 2.99. The van der Waals surface area contributed by atoms with Gasteiger partial charge in [0.1, 0.15) is 6.54 Å². The number of hydrogen-bond acceptors (Lipinski definition) is 2. The lowest BCUT2D eigenvalue weighted by molar-refractivity contribution is -0.695. The highest BCUT2D eigenvalue weighted by molar-refractivity contribution is 5.67. The molecule has 1 aromatic carbocycles. The molecule has 0 aliphatic carbocycles. The summed E-state index contributed by atoms with van der Waals surface area (Å²) in [5, 5.41) is 10.6. The zero-order chi connectivity index (χ0) is 13.7. The van der Waals surface area contributed by atoms with Gasteiger partial charge < -0.3 is 0 Å². The van der Waals surface area contributed by atoms with Crippen molar-refractivity contribution in [2.45, 2.75) is 13.5 Å². The quantitative estimate of drug-likeness (QED) is 0.479. The second kappa shape index (κ2) is 5.91. The molecule has 96 valence electrons. The Labute approximate surface area is 111 Å². The SMILES string of the molecule is CC[n+]1ccccc1/C=C/c1ccc([N+](=O)[O-])cc1. The molecule has 0 saturated carbocycles. The van der Waals surface area contributed by atoms with Crippen LogP contribution in [0.5, 0.6) is 0 Å². The average molecular weight is 255 g/mol. The van der Waals surface area contributed by atoms with Crippen LogP contribution < -0.4 is 4.57 Å². The molecule has 0 bridgehead atoms. The fourth-order valence-electron chi connectivity index (χ4n) is 1.82. The van der Waals surface area contributed by atoms with Crippen LogP contribution in [0.15, 0.2) is 48.7 Å². The first kappa shape index (κ1) is 13.0. The maximum Gasteiger partial charge on any atom is 0.269 e. The van der Waals surface area contributed by atoms with Gasteiger partial charge in [0.2, 0.25) is 5.69 Å². The van der Waals surface area contributed by atoms with Crippen molar-refractivity contribution in [2.75, 3.05) is 0 Å². The normalized spacial score (nSPS) is 10.8. The van der Waals surface area contributed by atoms with Crippen molar-refractivity contribution in [1.29, 1.82) is 0 Å². The molecule has 1 aromatic heterocycles. The van der Waals surface area contributed by atoms with Gasteiger partial charge in [-0.2, -0.15) is 4.57 Å². The summed E-state index contributed by atoms with van der Waals surface area (Å²) in [7, 11) is 0. The molecule has 2 aromatic rings. The minimum atomic E-state index is -0.393. The third-order valence-corrected chi connectivity index (χ3v) is 2.87. The Hall–Kier alpha value is -2.49. The van der Waals surface area contributed by atoms with E-state index in [1.807, 2.05) is 36.5 Å². The lowest BCUT2D eigenvalue weighted by Gasteiger charge is -1.96. The largest absolute Gasteiger partial charge is 0.269 e. The lowest BCUT2D eigenvalue weighted by Crippen LogP contribution is -2.34. The van der Waals surface area contributed by atoms with Gasteiger partial charge in [0, 0.05) is 30.3 Å². The van der Waals surface area contributed by atoms with Crippen LogP contribution in [0.1, 0.15) is 18.2 Å². The molecule has 0 unspecified atom stereocenters. The summed E-state index contributed by atoms with van der Waals surface area (Å²) in [5.41, 5.74) is 2.15. The molecule has 0 amide bonds. The van der Waals surface area contributed by atoms with E-state index in [2.05, 4.69) is 11.5 Å². The third kappa shape index (κ3) is 3.25. The van der Waals surface area contributed by atoms with Gasteiger partial charge in [0.15, 0.2) is 6.20 Å². The number of nitro groups is 1. The van der Waals surface area contributed by atoms with Crippen LogP contribution >= 0.6 is 0 Å². The molecule has 0 radical (unpaired) electrons. The van der Waals surface area contributed by atoms with Crippen molar-refractivity contribution >= 4 is 17.8 Å². The van der Waals surface area contributed by atoms with E-state index >= 15 is 0 Å². The highest BCUT2D eigenvalue weighted by atomic mass is 16.6. The Morgan fingerprint density at radius 2 is 1.89 bits per heavy atom. The number of nitro benzene ring substituents is 1. The van der Waals surface area contributed by atoms with E-state index in [1.165, 1.54) is 12.1 Å². The van der Waals surface area contributed by atoms with Crippen LogP contribution in [-0.4, -0.2) is 4.92 Å². The van der Waals surface area contributed by atoms with Crippen LogP contribution in [0, 0.1) is 10.1 Å². The van der Waals surface area contributed by atoms with Crippen molar-refractivity contribution in [2.24, 2.45) is 0 Å². The molecule has 0 atom stereocenters. The molecule has 0 N–H and O–H groups in total. The third-order valence-electron chi connectivity index (χ3n) is 2.87. The van der Waals surface area contributed by atoms with E-state index in [0.29, 0.717) is 0 Å². The lowest BCUT2D eigenvalue weighted by atomic mass is 10.2. The number of hydrogen-bond donors (Lipinski definition) is 0. The Morgan fingerprint density at radius 3 is 2.53 bits per heavy atom. The highest BCUT2D eigenvalue weighted by Crippen LogP contribution is 2.13. The van der Waals surface area contributed by atoms with E-state index in [-0.39, 0.29) is 5.69 Å². The van der Waals surface area contributed by atoms with Gasteiger partial charge in [0.25, 0.3) is 5.69 Å². The number of aromatic nitrogens is 1. The topological polar surface area (TPSA) is 47.0 Å². The predicted molar refractivity (Wildman–Crippen MR) is 74.3 cm³/mol. The number of nitrogens with zero attached hydrogens (tertiary/aromatic N) is 2. The Bertz CT molecular complexity index is 604. The second-order valence-electron chi connectivity index (χ2n) is 4.09. The van der Waals surface area contributed by atoms with Gasteiger partial charge in [0.05, 0.1) is 4.92 Å². The molecule has 4 nitrogen and oxygen atoms in total. The summed E-state index contributed by atoms with van der Waals surface area (Å²) in [5.74, 6) is 0. The Kier molecular flexibility index (Phi) is 4.03. The van der Waals surface area contributed by atoms with Gasteiger partial charge in [-0.25, -0.2) is 0 Å². The number of aryl methyl sites for hydroxylation is 1. The number of benzene rings is 1. The van der Waals surface area contributed by atoms with Gasteiger partial charge >= 0.3 is 0 Å². The summed E-state index contributed by atoms with van der Waals surface area (Å²) in [6, 6.07) is 12.5. The molecule has 2 rings (SSSR count). The Morgan fingerprint density at radius 1 is 1.16 bits per heavy atom. The maximum absolute atomic E-state index is 10.6. The molecule has 1 heterocycles. The molecule has 4 heteroatoms. The van der Waals surface area contributed by atoms with E-state index in [1.54, 1.807) is 12.1 Å². The molecule has 0 fully saturated rings. The summed E-state index contributed by atoms with van der Waals surface area (Å²) in [6.07, 6.45) is 5.98. The molecule has 0 spiro atoms. The zero-order valence-electron chi connectivity index (χ0n) is 10.7. The van der Waals surface area contributed by atoms with Crippen molar-refractivity contribution < 1.29 is 9.49 Å². The van der Waals surface area contributed by atoms with Gasteiger partial charge in [-0.05, 0) is 36.8 Å². The minimum absolute atomic E-state index is 0.112. The van der Waals surface area contributed by atoms with E-state index in [4.69, 9.17) is 0 Å². The first-order chi connectivity index (χ1) is 9.20. The second-order valence-corrected chi connectivity index (χ2v) is 4.09. The summed E-state index contributed by atoms with van der Waals surface area (Å²) < 4.78 is 2.13. The molecular formula is C15H15N2O2+. The van der Waals surface area contributed by atoms with Crippen LogP contribution in [0.3, 0.4) is 0 Å². The maximum atomic E-state index is 10.6. The number of non-ortho nitro benzene ring substituents is 1. The molecule has 0 aliphatic rings. The van der Waals surface area contributed by atoms with Crippen molar-refractivity contribution in [3.63, 3.8) is 0 Å². The summed E-state index contributed by atoms with van der Waals surface area (Å²) in [4.78, 5) is 10.2. The van der Waals surface area contributed by atoms with Crippen LogP contribution in [0.2, 0.25) is 0 Å². The highest BCUT2D eigenvalue weighted by Gasteiger charge is 2.04. The standard InChI is InChI=1S/C15H15N2O2/c1-2-16-12-4-3-5-14(16)9-6-13-7-10-15(11-8-13)17(18)19/h3-12H,2H2,1H3/q+1/b9-6+. The minimum Gasteiger partial charge on any atom is -0.258 e. The molecule has 0 aliphatic heterocycles. The molecule has 0 saturated heterocycles. The van der Waals surface area contributed by atoms with E-state index in [0.717, 1.165) is 17.8 Å². The van der Waals surface area contributed by atoms with Crippen LogP contribution in [0.25, 0.3) is 12.2 Å². The molecular weight excluding hydrogens is 240 g/mol. The van der Waals surface area contributed by atoms with Crippen LogP contribution in [-0.2, 0) is 6.54 Å². The van der Waals surface area contributed by atoms with Gasteiger partial charge in [-0.1, -0.05) is 0 Å². The van der Waals surface area contributed by atoms with Gasteiger partial charge in [-0.15, -0.1) is 0 Å². The monoisotopic (exact) mass is 255 g/mol. The fourth-order valence-corrected chi connectivity index (χ4v) is 1.82. The van der Waals surface area contributed by atoms with Crippen molar-refractivity contribution in [3.8, 4) is 0 Å². The smallest absolute Gasteiger partial charge is 0.258 e. The fraction of sp³-hybridized carbons (Fsp3) is 0.133. The van der Waals surface area contributed by atoms with E-state index < -0.39 is 4.92 Å². The summed E-state index contributed by atoms with van der Waals surface area (Å²) >= 11 is 0. The van der Waals surface area contributed by atoms with Gasteiger partial charge in [-0.3, -0.25) is 10.1 Å². The Balaban J connectivity index is 2.20. The van der Waals surface area contributed by atoms with Crippen molar-refractivity contribution in [1.82, 2.24) is 0 Å². The predicted octanol–water partition coefficient (Wildman–Crippen LogP) is 3.07. The molecule has 19 heavy (non-hydrogen) atoms. The average Bonchev–Trinajstić information content (AvgIpc) is 2.45. The number of rotatable bonds is 4. The first-order valence-electron chi connectivity index (χ1n) is 6.11. The van der Waals surface area contributed by atoms with E-state index in [9.17, 15) is 10.1 Å². The zero-order valence-corrected chi connectivity index (χ0v) is 10.7. The van der Waals surface area contributed by atoms with Crippen LogP contribution in [0.4, 0.5) is 5.69 Å². The number of pyridine rings is 1. The van der Waals surface area contributed by atoms with Crippen molar-refractivity contribution in [3.05, 3.63) is 70.0 Å². The first-order valence-corrected chi connectivity index (χ1v) is 6.11.